The molecule has 2 bridgehead atoms. The molecular weight excluding hydrogens is 540 g/mol. The molecule has 0 radical (unpaired) electrons. The third-order valence-corrected chi connectivity index (χ3v) is 9.25. The molecule has 4 aromatic rings. The fourth-order valence-electron chi connectivity index (χ4n) is 6.43. The average molecular weight is 573 g/mol. The van der Waals surface area contributed by atoms with Crippen molar-refractivity contribution in [2.24, 2.45) is 0 Å². The molecule has 2 aliphatic heterocycles. The van der Waals surface area contributed by atoms with E-state index in [4.69, 9.17) is 10.7 Å². The van der Waals surface area contributed by atoms with Gasteiger partial charge < -0.3 is 10.6 Å². The second-order valence-corrected chi connectivity index (χ2v) is 13.4. The van der Waals surface area contributed by atoms with Crippen molar-refractivity contribution in [1.29, 1.82) is 0 Å². The van der Waals surface area contributed by atoms with Crippen LogP contribution in [0.3, 0.4) is 0 Å². The smallest absolute Gasteiger partial charge is 0.224 e. The van der Waals surface area contributed by atoms with Gasteiger partial charge in [-0.05, 0) is 38.7 Å². The standard InChI is InChI=1S/C30H32N6O4S/c1-18(37)27-28(21-14-22-9-10-23(15-21)35(22)26(38)12-13-41(2,39)40)34-30-24(17-33-36(30)29(27)31)20-8-11-25(32-16-20)19-6-4-3-5-7-19/h3-8,11,16-17,21-23H,9-10,12-15,31H2,1-2H3/t21?,22-,23+. The lowest BCUT2D eigenvalue weighted by atomic mass is 9.85. The zero-order valence-electron chi connectivity index (χ0n) is 23.0. The van der Waals surface area contributed by atoms with Gasteiger partial charge in [-0.15, -0.1) is 0 Å². The number of anilines is 1. The number of nitrogens with zero attached hydrogens (tertiary/aromatic N) is 5. The topological polar surface area (TPSA) is 141 Å². The SMILES string of the molecule is CC(=O)c1c(C2C[C@H]3CC[C@@H](C2)N3C(=O)CCS(C)(=O)=O)nc2c(-c3ccc(-c4ccccc4)nc3)cnn2c1N. The Bertz CT molecular complexity index is 1740. The number of hydrogen-bond acceptors (Lipinski definition) is 8. The van der Waals surface area contributed by atoms with Crippen LogP contribution in [0.25, 0.3) is 28.0 Å². The Hall–Kier alpha value is -4.12. The number of pyridine rings is 1. The lowest BCUT2D eigenvalue weighted by Gasteiger charge is -2.39. The highest BCUT2D eigenvalue weighted by Crippen LogP contribution is 2.45. The molecule has 3 atom stereocenters. The molecule has 2 fully saturated rings. The van der Waals surface area contributed by atoms with Crippen molar-refractivity contribution >= 4 is 33.0 Å². The fraction of sp³-hybridized carbons (Fsp3) is 0.367. The van der Waals surface area contributed by atoms with Gasteiger partial charge in [-0.2, -0.15) is 9.61 Å². The van der Waals surface area contributed by atoms with Crippen LogP contribution < -0.4 is 5.73 Å². The number of ketones is 1. The van der Waals surface area contributed by atoms with E-state index < -0.39 is 9.84 Å². The minimum atomic E-state index is -3.23. The normalized spacial score (nSPS) is 20.4. The first kappa shape index (κ1) is 27.1. The third-order valence-electron chi connectivity index (χ3n) is 8.30. The van der Waals surface area contributed by atoms with E-state index in [1.165, 1.54) is 11.4 Å². The van der Waals surface area contributed by atoms with Crippen LogP contribution in [-0.2, 0) is 14.6 Å². The van der Waals surface area contributed by atoms with Gasteiger partial charge in [-0.3, -0.25) is 14.6 Å². The van der Waals surface area contributed by atoms with E-state index in [9.17, 15) is 18.0 Å². The molecule has 0 saturated carbocycles. The van der Waals surface area contributed by atoms with Crippen molar-refractivity contribution in [2.45, 2.75) is 57.0 Å². The Morgan fingerprint density at radius 2 is 1.71 bits per heavy atom. The maximum absolute atomic E-state index is 13.0. The van der Waals surface area contributed by atoms with Gasteiger partial charge in [-0.25, -0.2) is 13.4 Å². The Morgan fingerprint density at radius 3 is 2.32 bits per heavy atom. The lowest BCUT2D eigenvalue weighted by molar-refractivity contribution is -0.135. The van der Waals surface area contributed by atoms with E-state index in [2.05, 4.69) is 10.1 Å². The second kappa shape index (κ2) is 10.4. The molecule has 212 valence electrons. The third kappa shape index (κ3) is 5.10. The van der Waals surface area contributed by atoms with Gasteiger partial charge in [0.1, 0.15) is 15.7 Å². The molecule has 6 rings (SSSR count). The number of carbonyl (C=O) groups is 2. The first-order chi connectivity index (χ1) is 19.6. The molecule has 2 saturated heterocycles. The van der Waals surface area contributed by atoms with Crippen molar-refractivity contribution in [1.82, 2.24) is 24.5 Å². The number of fused-ring (bicyclic) bond motifs is 3. The van der Waals surface area contributed by atoms with Gasteiger partial charge >= 0.3 is 0 Å². The van der Waals surface area contributed by atoms with Crippen LogP contribution in [0, 0.1) is 0 Å². The zero-order valence-corrected chi connectivity index (χ0v) is 23.8. The van der Waals surface area contributed by atoms with E-state index in [1.807, 2.05) is 47.4 Å². The molecule has 1 amide bonds. The molecule has 0 spiro atoms. The zero-order chi connectivity index (χ0) is 28.9. The molecule has 11 heteroatoms. The van der Waals surface area contributed by atoms with Gasteiger partial charge in [-0.1, -0.05) is 36.4 Å². The summed E-state index contributed by atoms with van der Waals surface area (Å²) < 4.78 is 24.8. The Morgan fingerprint density at radius 1 is 1.00 bits per heavy atom. The van der Waals surface area contributed by atoms with Crippen LogP contribution in [-0.4, -0.2) is 68.7 Å². The summed E-state index contributed by atoms with van der Waals surface area (Å²) in [5.41, 5.74) is 11.6. The maximum atomic E-state index is 13.0. The van der Waals surface area contributed by atoms with Crippen LogP contribution in [0.4, 0.5) is 5.82 Å². The Labute approximate surface area is 238 Å². The molecule has 1 unspecified atom stereocenters. The number of amides is 1. The Balaban J connectivity index is 1.34. The van der Waals surface area contributed by atoms with E-state index in [1.54, 1.807) is 12.4 Å². The molecule has 10 nitrogen and oxygen atoms in total. The predicted octanol–water partition coefficient (Wildman–Crippen LogP) is 3.91. The molecule has 41 heavy (non-hydrogen) atoms. The first-order valence-electron chi connectivity index (χ1n) is 13.8. The van der Waals surface area contributed by atoms with E-state index in [0.717, 1.165) is 41.5 Å². The lowest BCUT2D eigenvalue weighted by Crippen LogP contribution is -2.46. The summed E-state index contributed by atoms with van der Waals surface area (Å²) in [5, 5.41) is 4.47. The summed E-state index contributed by atoms with van der Waals surface area (Å²) in [6.07, 6.45) is 7.58. The molecule has 2 N–H and O–H groups in total. The number of aromatic nitrogens is 4. The number of benzene rings is 1. The number of piperidine rings is 1. The fourth-order valence-corrected chi connectivity index (χ4v) is 6.98. The number of sulfone groups is 1. The van der Waals surface area contributed by atoms with Gasteiger partial charge in [0.2, 0.25) is 5.91 Å². The van der Waals surface area contributed by atoms with Crippen molar-refractivity contribution in [2.75, 3.05) is 17.7 Å². The minimum Gasteiger partial charge on any atom is -0.383 e. The quantitative estimate of drug-likeness (QED) is 0.329. The largest absolute Gasteiger partial charge is 0.383 e. The van der Waals surface area contributed by atoms with Crippen molar-refractivity contribution in [3.63, 3.8) is 0 Å². The number of Topliss-reactive ketones (excluding diaryl/α,β-unsaturated/α-hetero) is 1. The van der Waals surface area contributed by atoms with Gasteiger partial charge in [0.05, 0.1) is 28.9 Å². The number of carbonyl (C=O) groups excluding carboxylic acids is 2. The summed E-state index contributed by atoms with van der Waals surface area (Å²) in [4.78, 5) is 37.4. The van der Waals surface area contributed by atoms with Crippen LogP contribution >= 0.6 is 0 Å². The summed E-state index contributed by atoms with van der Waals surface area (Å²) in [6, 6.07) is 13.8. The molecule has 0 aliphatic carbocycles. The Kier molecular flexibility index (Phi) is 6.85. The number of hydrogen-bond donors (Lipinski definition) is 1. The van der Waals surface area contributed by atoms with E-state index in [-0.39, 0.29) is 47.7 Å². The summed E-state index contributed by atoms with van der Waals surface area (Å²) in [6.45, 7) is 1.48. The molecule has 3 aromatic heterocycles. The van der Waals surface area contributed by atoms with Crippen molar-refractivity contribution < 1.29 is 18.0 Å². The monoisotopic (exact) mass is 572 g/mol. The minimum absolute atomic E-state index is 0.0113. The van der Waals surface area contributed by atoms with Crippen LogP contribution in [0.5, 0.6) is 0 Å². The van der Waals surface area contributed by atoms with Crippen molar-refractivity contribution in [3.05, 3.63) is 66.1 Å². The summed E-state index contributed by atoms with van der Waals surface area (Å²) in [5.74, 6) is -0.285. The first-order valence-corrected chi connectivity index (χ1v) is 15.9. The molecule has 1 aromatic carbocycles. The van der Waals surface area contributed by atoms with Crippen LogP contribution in [0.15, 0.2) is 54.9 Å². The molecular formula is C30H32N6O4S. The van der Waals surface area contributed by atoms with E-state index >= 15 is 0 Å². The summed E-state index contributed by atoms with van der Waals surface area (Å²) >= 11 is 0. The average Bonchev–Trinajstić information content (AvgIpc) is 3.49. The van der Waals surface area contributed by atoms with Gasteiger partial charge in [0, 0.05) is 53.6 Å². The number of nitrogens with two attached hydrogens (primary N) is 1. The molecule has 5 heterocycles. The van der Waals surface area contributed by atoms with Gasteiger partial charge in [0.25, 0.3) is 0 Å². The van der Waals surface area contributed by atoms with Crippen LogP contribution in [0.2, 0.25) is 0 Å². The maximum Gasteiger partial charge on any atom is 0.224 e. The predicted molar refractivity (Wildman–Crippen MR) is 156 cm³/mol. The van der Waals surface area contributed by atoms with Gasteiger partial charge in [0.15, 0.2) is 11.4 Å². The number of nitrogen functional groups attached to an aromatic ring is 1. The van der Waals surface area contributed by atoms with Crippen molar-refractivity contribution in [3.8, 4) is 22.4 Å². The summed E-state index contributed by atoms with van der Waals surface area (Å²) in [7, 11) is -3.23. The van der Waals surface area contributed by atoms with Crippen LogP contribution in [0.1, 0.15) is 61.0 Å². The van der Waals surface area contributed by atoms with E-state index in [0.29, 0.717) is 29.7 Å². The molecule has 2 aliphatic rings. The highest BCUT2D eigenvalue weighted by molar-refractivity contribution is 7.90. The second-order valence-electron chi connectivity index (χ2n) is 11.1. The highest BCUT2D eigenvalue weighted by Gasteiger charge is 2.44. The number of rotatable bonds is 7. The highest BCUT2D eigenvalue weighted by atomic mass is 32.2.